The lowest BCUT2D eigenvalue weighted by Gasteiger charge is -2.33. The molecule has 4 aromatic carbocycles. The van der Waals surface area contributed by atoms with Crippen LogP contribution in [0.1, 0.15) is 5.56 Å². The van der Waals surface area contributed by atoms with E-state index in [1.165, 1.54) is 14.2 Å². The fraction of sp³-hybridized carbons (Fsp3) is 0.312. The van der Waals surface area contributed by atoms with Gasteiger partial charge < -0.3 is 43.0 Å². The lowest BCUT2D eigenvalue weighted by molar-refractivity contribution is -0.139. The van der Waals surface area contributed by atoms with Crippen LogP contribution < -0.4 is 39.0 Å². The molecule has 0 aromatic heterocycles. The Bertz CT molecular complexity index is 2510. The van der Waals surface area contributed by atoms with Crippen molar-refractivity contribution in [2.45, 2.75) is 6.92 Å². The molecule has 0 fully saturated rings. The van der Waals surface area contributed by atoms with Crippen LogP contribution in [0.4, 0.5) is 22.7 Å². The van der Waals surface area contributed by atoms with Gasteiger partial charge in [-0.25, -0.2) is 4.58 Å². The Balaban J connectivity index is 1.37. The van der Waals surface area contributed by atoms with Gasteiger partial charge in [-0.15, -0.1) is 0 Å². The van der Waals surface area contributed by atoms with Gasteiger partial charge >= 0.3 is 11.9 Å². The third kappa shape index (κ3) is 9.28. The minimum absolute atomic E-state index is 0.00121. The topological polar surface area (TPSA) is 100 Å². The monoisotopic (exact) mass is 812 g/mol. The predicted octanol–water partition coefficient (Wildman–Crippen LogP) is 6.55. The Morgan fingerprint density at radius 1 is 0.717 bits per heavy atom. The number of benzene rings is 5. The number of methoxy groups -OCH3 is 2. The van der Waals surface area contributed by atoms with Crippen molar-refractivity contribution in [1.82, 2.24) is 4.58 Å². The van der Waals surface area contributed by atoms with Gasteiger partial charge in [0.15, 0.2) is 0 Å². The van der Waals surface area contributed by atoms with E-state index in [0.717, 1.165) is 67.1 Å². The number of rotatable bonds is 7. The second-order valence-electron chi connectivity index (χ2n) is 15.3. The number of hydrogen-bond acceptors (Lipinski definition) is 11. The van der Waals surface area contributed by atoms with Crippen LogP contribution in [0.2, 0.25) is 0 Å². The highest BCUT2D eigenvalue weighted by molar-refractivity contribution is 6.03. The number of fused-ring (bicyclic) bond motifs is 4. The van der Waals surface area contributed by atoms with Crippen molar-refractivity contribution in [3.8, 4) is 33.9 Å². The van der Waals surface area contributed by atoms with Gasteiger partial charge in [-0.3, -0.25) is 9.59 Å². The van der Waals surface area contributed by atoms with E-state index in [-0.39, 0.29) is 38.2 Å². The highest BCUT2D eigenvalue weighted by Crippen LogP contribution is 2.43. The fourth-order valence-electron chi connectivity index (χ4n) is 7.58. The number of carbonyl (C=O) groups excluding carboxylic acids is 2. The number of para-hydroxylation sites is 1. The van der Waals surface area contributed by atoms with Gasteiger partial charge in [0.25, 0.3) is 0 Å². The van der Waals surface area contributed by atoms with Gasteiger partial charge in [0.05, 0.1) is 31.7 Å². The van der Waals surface area contributed by atoms with Gasteiger partial charge in [-0.1, -0.05) is 30.3 Å². The number of esters is 2. The highest BCUT2D eigenvalue weighted by atomic mass is 16.5. The Morgan fingerprint density at radius 2 is 1.35 bits per heavy atom. The molecule has 4 aromatic rings. The van der Waals surface area contributed by atoms with Crippen LogP contribution in [0.15, 0.2) is 108 Å². The summed E-state index contributed by atoms with van der Waals surface area (Å²) in [4.78, 5) is 34.2. The van der Waals surface area contributed by atoms with Crippen molar-refractivity contribution < 1.29 is 33.0 Å². The second kappa shape index (κ2) is 18.5. The summed E-state index contributed by atoms with van der Waals surface area (Å²) in [6.07, 6.45) is 0. The molecule has 2 heterocycles. The summed E-state index contributed by atoms with van der Waals surface area (Å²) in [5, 5.41) is 1.98. The number of anilines is 4. The van der Waals surface area contributed by atoms with Crippen LogP contribution >= 0.6 is 0 Å². The number of carbonyl (C=O) groups is 2. The van der Waals surface area contributed by atoms with E-state index in [9.17, 15) is 9.59 Å². The quantitative estimate of drug-likeness (QED) is 0.0998. The minimum Gasteiger partial charge on any atom is -0.488 e. The van der Waals surface area contributed by atoms with Crippen molar-refractivity contribution in [2.24, 2.45) is 0 Å². The molecule has 2 aliphatic heterocycles. The molecule has 0 atom stereocenters. The number of nitrogens with zero attached hydrogens (tertiary/aromatic N) is 5. The lowest BCUT2D eigenvalue weighted by atomic mass is 9.93. The third-order valence-corrected chi connectivity index (χ3v) is 10.9. The van der Waals surface area contributed by atoms with E-state index in [4.69, 9.17) is 23.4 Å². The predicted molar refractivity (Wildman–Crippen MR) is 239 cm³/mol. The first-order valence-electron chi connectivity index (χ1n) is 20.2. The van der Waals surface area contributed by atoms with E-state index in [1.807, 2.05) is 87.4 Å². The van der Waals surface area contributed by atoms with Crippen LogP contribution in [-0.2, 0) is 19.1 Å². The van der Waals surface area contributed by atoms with Gasteiger partial charge in [-0.2, -0.15) is 0 Å². The zero-order valence-electron chi connectivity index (χ0n) is 35.6. The first kappa shape index (κ1) is 41.5. The SMILES string of the molecule is COC(=O)CN1CCN(c2ccccc2)CCN(CC(=O)OC)c2ccc(-c3c4ccc(=[N+](C)C)cc-4oc4cc(N(C)C)ccc34)cc2OCCOc2cc(C)ccc21. The van der Waals surface area contributed by atoms with Crippen LogP contribution in [0.5, 0.6) is 11.5 Å². The standard InChI is InChI=1S/C48H54N5O7/c1-33-13-19-40-44(27-33)58-25-26-59-45-28-34(48-38-17-15-36(49(2)3)29-42(38)60-43-30-37(50(4)5)16-18-39(43)48)14-20-41(45)53(32-47(55)57-7)24-22-51(35-11-9-8-10-12-35)21-23-52(40)31-46(54)56-6/h8-20,27-30H,21-26,31-32H2,1-7H3/q+1. The summed E-state index contributed by atoms with van der Waals surface area (Å²) >= 11 is 0. The summed E-state index contributed by atoms with van der Waals surface area (Å²) < 4.78 is 32.2. The van der Waals surface area contributed by atoms with Gasteiger partial charge in [0.1, 0.15) is 63.2 Å². The van der Waals surface area contributed by atoms with Gasteiger partial charge in [0.2, 0.25) is 5.36 Å². The van der Waals surface area contributed by atoms with Crippen molar-refractivity contribution in [2.75, 3.05) is 114 Å². The average molecular weight is 813 g/mol. The fourth-order valence-corrected chi connectivity index (χ4v) is 7.58. The molecule has 0 spiro atoms. The molecule has 0 radical (unpaired) electrons. The lowest BCUT2D eigenvalue weighted by Crippen LogP contribution is -2.42. The Labute approximate surface area is 351 Å². The number of aryl methyl sites for hydroxylation is 1. The van der Waals surface area contributed by atoms with Crippen LogP contribution in [-0.4, -0.2) is 107 Å². The van der Waals surface area contributed by atoms with E-state index >= 15 is 0 Å². The maximum absolute atomic E-state index is 13.1. The molecule has 7 rings (SSSR count). The molecule has 0 saturated carbocycles. The molecule has 12 heteroatoms. The zero-order chi connectivity index (χ0) is 42.3. The molecule has 3 aliphatic rings. The van der Waals surface area contributed by atoms with Crippen molar-refractivity contribution >= 4 is 45.7 Å². The summed E-state index contributed by atoms with van der Waals surface area (Å²) in [6.45, 7) is 4.54. The summed E-state index contributed by atoms with van der Waals surface area (Å²) in [6, 6.07) is 34.8. The van der Waals surface area contributed by atoms with Gasteiger partial charge in [0, 0.05) is 80.3 Å². The van der Waals surface area contributed by atoms with Crippen molar-refractivity contribution in [3.63, 3.8) is 0 Å². The highest BCUT2D eigenvalue weighted by Gasteiger charge is 2.25. The maximum atomic E-state index is 13.1. The molecular formula is C48H54N5O7+. The van der Waals surface area contributed by atoms with Crippen LogP contribution in [0.3, 0.4) is 0 Å². The summed E-state index contributed by atoms with van der Waals surface area (Å²) in [7, 11) is 10.9. The largest absolute Gasteiger partial charge is 0.488 e. The third-order valence-electron chi connectivity index (χ3n) is 10.9. The molecule has 0 N–H and O–H groups in total. The van der Waals surface area contributed by atoms with Crippen LogP contribution in [0.25, 0.3) is 33.4 Å². The molecule has 0 saturated heterocycles. The second-order valence-corrected chi connectivity index (χ2v) is 15.3. The first-order chi connectivity index (χ1) is 29.0. The molecule has 0 amide bonds. The van der Waals surface area contributed by atoms with Gasteiger partial charge in [-0.05, 0) is 72.6 Å². The van der Waals surface area contributed by atoms with E-state index in [0.29, 0.717) is 37.7 Å². The van der Waals surface area contributed by atoms with Crippen LogP contribution in [0, 0.1) is 6.92 Å². The molecule has 12 nitrogen and oxygen atoms in total. The summed E-state index contributed by atoms with van der Waals surface area (Å²) in [5.41, 5.74) is 8.23. The van der Waals surface area contributed by atoms with Crippen molar-refractivity contribution in [1.29, 1.82) is 0 Å². The van der Waals surface area contributed by atoms with Crippen molar-refractivity contribution in [3.05, 3.63) is 114 Å². The first-order valence-corrected chi connectivity index (χ1v) is 20.2. The molecule has 60 heavy (non-hydrogen) atoms. The van der Waals surface area contributed by atoms with E-state index < -0.39 is 0 Å². The Morgan fingerprint density at radius 3 is 1.97 bits per heavy atom. The average Bonchev–Trinajstić information content (AvgIpc) is 3.25. The van der Waals surface area contributed by atoms with E-state index in [2.05, 4.69) is 75.0 Å². The summed E-state index contributed by atoms with van der Waals surface area (Å²) in [5.74, 6) is 1.27. The molecule has 312 valence electrons. The maximum Gasteiger partial charge on any atom is 0.325 e. The molecule has 0 bridgehead atoms. The number of hydrogen-bond donors (Lipinski definition) is 0. The Kier molecular flexibility index (Phi) is 12.8. The smallest absolute Gasteiger partial charge is 0.325 e. The molecule has 1 aliphatic carbocycles. The normalized spacial score (nSPS) is 13.6. The molecular weight excluding hydrogens is 759 g/mol. The zero-order valence-corrected chi connectivity index (χ0v) is 35.6. The minimum atomic E-state index is -0.373. The Hall–Kier alpha value is -6.69. The number of ether oxygens (including phenoxy) is 4. The molecule has 0 unspecified atom stereocenters. The van der Waals surface area contributed by atoms with E-state index in [1.54, 1.807) is 0 Å².